The second kappa shape index (κ2) is 4.93. The molecule has 0 saturated carbocycles. The quantitative estimate of drug-likeness (QED) is 0.420. The van der Waals surface area contributed by atoms with E-state index in [9.17, 15) is 9.90 Å². The van der Waals surface area contributed by atoms with E-state index in [4.69, 9.17) is 5.11 Å². The molecule has 0 aliphatic heterocycles. The highest BCUT2D eigenvalue weighted by molar-refractivity contribution is 14.1. The zero-order valence-electron chi connectivity index (χ0n) is 7.28. The van der Waals surface area contributed by atoms with Crippen LogP contribution in [-0.2, 0) is 4.79 Å². The topological polar surface area (TPSA) is 57.5 Å². The maximum atomic E-state index is 10.4. The first kappa shape index (κ1) is 12.4. The third kappa shape index (κ3) is 3.50. The second-order valence-electron chi connectivity index (χ2n) is 3.14. The molecule has 2 unspecified atom stereocenters. The largest absolute Gasteiger partial charge is 0.481 e. The maximum Gasteiger partial charge on any atom is 0.303 e. The van der Waals surface area contributed by atoms with E-state index in [1.807, 2.05) is 34.7 Å². The third-order valence-electron chi connectivity index (χ3n) is 1.95. The molecule has 1 aliphatic rings. The molecule has 2 atom stereocenters. The average molecular weight is 420 g/mol. The van der Waals surface area contributed by atoms with Crippen LogP contribution < -0.4 is 0 Å². The number of carbonyl (C=O) groups is 1. The van der Waals surface area contributed by atoms with Crippen molar-refractivity contribution in [1.29, 1.82) is 0 Å². The Morgan fingerprint density at radius 1 is 1.64 bits per heavy atom. The lowest BCUT2D eigenvalue weighted by Gasteiger charge is -2.23. The fraction of sp³-hybridized carbons (Fsp3) is 0.444. The van der Waals surface area contributed by atoms with Crippen molar-refractivity contribution in [3.05, 3.63) is 21.8 Å². The van der Waals surface area contributed by atoms with E-state index in [0.29, 0.717) is 6.42 Å². The number of rotatable bonds is 3. The number of hydrogen-bond donors (Lipinski definition) is 2. The van der Waals surface area contributed by atoms with Crippen molar-refractivity contribution in [2.24, 2.45) is 5.92 Å². The lowest BCUT2D eigenvalue weighted by atomic mass is 9.97. The van der Waals surface area contributed by atoms with Gasteiger partial charge in [0.25, 0.3) is 0 Å². The van der Waals surface area contributed by atoms with E-state index in [-0.39, 0.29) is 12.3 Å². The van der Waals surface area contributed by atoms with E-state index in [2.05, 4.69) is 22.6 Å². The van der Waals surface area contributed by atoms with Gasteiger partial charge in [-0.05, 0) is 63.6 Å². The van der Waals surface area contributed by atoms with Crippen molar-refractivity contribution in [2.75, 3.05) is 0 Å². The molecule has 1 aliphatic carbocycles. The van der Waals surface area contributed by atoms with Crippen LogP contribution in [0, 0.1) is 5.92 Å². The molecule has 14 heavy (non-hydrogen) atoms. The number of carboxylic acids is 1. The first-order chi connectivity index (χ1) is 6.42. The molecule has 0 radical (unpaired) electrons. The van der Waals surface area contributed by atoms with E-state index < -0.39 is 9.58 Å². The Hall–Kier alpha value is 0.370. The fourth-order valence-electron chi connectivity index (χ4n) is 1.16. The van der Waals surface area contributed by atoms with Gasteiger partial charge in [0.05, 0.1) is 0 Å². The van der Waals surface area contributed by atoms with Crippen molar-refractivity contribution in [1.82, 2.24) is 0 Å². The van der Waals surface area contributed by atoms with Gasteiger partial charge in [0.1, 0.15) is 0 Å². The van der Waals surface area contributed by atoms with Crippen LogP contribution in [0.5, 0.6) is 0 Å². The van der Waals surface area contributed by atoms with Crippen molar-refractivity contribution in [3.8, 4) is 0 Å². The van der Waals surface area contributed by atoms with Gasteiger partial charge in [-0.2, -0.15) is 0 Å². The highest BCUT2D eigenvalue weighted by Gasteiger charge is 2.27. The smallest absolute Gasteiger partial charge is 0.303 e. The van der Waals surface area contributed by atoms with Gasteiger partial charge in [-0.1, -0.05) is 12.2 Å². The SMILES string of the molecule is O=C(O)CCC1C=CC(O)(I)C(I)=C1. The summed E-state index contributed by atoms with van der Waals surface area (Å²) in [5.41, 5.74) is 0. The molecule has 0 saturated heterocycles. The predicted octanol–water partition coefficient (Wildman–Crippen LogP) is 2.48. The van der Waals surface area contributed by atoms with Gasteiger partial charge >= 0.3 is 5.97 Å². The van der Waals surface area contributed by atoms with Crippen molar-refractivity contribution < 1.29 is 15.0 Å². The van der Waals surface area contributed by atoms with Crippen LogP contribution in [0.2, 0.25) is 0 Å². The number of alkyl halides is 1. The number of hydrogen-bond acceptors (Lipinski definition) is 2. The minimum Gasteiger partial charge on any atom is -0.481 e. The molecular weight excluding hydrogens is 410 g/mol. The summed E-state index contributed by atoms with van der Waals surface area (Å²) in [7, 11) is 0. The molecule has 0 aromatic carbocycles. The molecule has 0 bridgehead atoms. The Labute approximate surface area is 110 Å². The van der Waals surface area contributed by atoms with Gasteiger partial charge in [-0.25, -0.2) is 0 Å². The minimum absolute atomic E-state index is 0.132. The van der Waals surface area contributed by atoms with E-state index in [0.717, 1.165) is 3.58 Å². The molecular formula is C9H10I2O3. The molecule has 3 nitrogen and oxygen atoms in total. The third-order valence-corrected chi connectivity index (χ3v) is 5.11. The van der Waals surface area contributed by atoms with Crippen LogP contribution in [0.25, 0.3) is 0 Å². The molecule has 5 heteroatoms. The fourth-order valence-corrected chi connectivity index (χ4v) is 2.19. The van der Waals surface area contributed by atoms with Gasteiger partial charge in [0.15, 0.2) is 3.61 Å². The number of carboxylic acid groups (broad SMARTS) is 1. The van der Waals surface area contributed by atoms with E-state index in [1.165, 1.54) is 0 Å². The van der Waals surface area contributed by atoms with E-state index >= 15 is 0 Å². The van der Waals surface area contributed by atoms with Gasteiger partial charge in [0, 0.05) is 10.0 Å². The standard InChI is InChI=1S/C9H10I2O3/c10-7-5-6(1-2-8(12)13)3-4-9(7,11)14/h3-6,14H,1-2H2,(H,12,13). The Morgan fingerprint density at radius 3 is 2.79 bits per heavy atom. The highest BCUT2D eigenvalue weighted by Crippen LogP contribution is 2.37. The number of allylic oxidation sites excluding steroid dienone is 2. The van der Waals surface area contributed by atoms with Crippen molar-refractivity contribution in [3.63, 3.8) is 0 Å². The molecule has 0 fully saturated rings. The molecule has 0 amide bonds. The van der Waals surface area contributed by atoms with E-state index in [1.54, 1.807) is 6.08 Å². The molecule has 1 rings (SSSR count). The molecule has 0 spiro atoms. The van der Waals surface area contributed by atoms with Gasteiger partial charge in [-0.3, -0.25) is 4.79 Å². The second-order valence-corrected chi connectivity index (χ2v) is 5.95. The van der Waals surface area contributed by atoms with Gasteiger partial charge in [-0.15, -0.1) is 0 Å². The molecule has 0 aromatic heterocycles. The van der Waals surface area contributed by atoms with Crippen LogP contribution in [0.4, 0.5) is 0 Å². The first-order valence-corrected chi connectivity index (χ1v) is 6.28. The molecule has 0 heterocycles. The Morgan fingerprint density at radius 2 is 2.29 bits per heavy atom. The predicted molar refractivity (Wildman–Crippen MR) is 70.6 cm³/mol. The lowest BCUT2D eigenvalue weighted by molar-refractivity contribution is -0.137. The average Bonchev–Trinajstić information content (AvgIpc) is 2.07. The summed E-state index contributed by atoms with van der Waals surface area (Å²) in [6.07, 6.45) is 6.23. The summed E-state index contributed by atoms with van der Waals surface area (Å²) in [5.74, 6) is -0.648. The summed E-state index contributed by atoms with van der Waals surface area (Å²) in [6, 6.07) is 0. The minimum atomic E-state index is -0.905. The van der Waals surface area contributed by atoms with Crippen LogP contribution in [-0.4, -0.2) is 19.8 Å². The van der Waals surface area contributed by atoms with Crippen LogP contribution in [0.3, 0.4) is 0 Å². The van der Waals surface area contributed by atoms with Gasteiger partial charge < -0.3 is 10.2 Å². The normalized spacial score (nSPS) is 31.4. The van der Waals surface area contributed by atoms with Crippen molar-refractivity contribution in [2.45, 2.75) is 16.4 Å². The number of aliphatic hydroxyl groups is 1. The summed E-state index contributed by atoms with van der Waals surface area (Å²) in [4.78, 5) is 10.4. The van der Waals surface area contributed by atoms with Gasteiger partial charge in [0.2, 0.25) is 0 Å². The Bertz CT molecular complexity index is 294. The maximum absolute atomic E-state index is 10.4. The Balaban J connectivity index is 2.57. The Kier molecular flexibility index (Phi) is 4.38. The number of halogens is 2. The molecule has 0 aromatic rings. The van der Waals surface area contributed by atoms with Crippen molar-refractivity contribution >= 4 is 51.2 Å². The molecule has 2 N–H and O–H groups in total. The summed E-state index contributed by atoms with van der Waals surface area (Å²) >= 11 is 4.02. The summed E-state index contributed by atoms with van der Waals surface area (Å²) in [6.45, 7) is 0. The van der Waals surface area contributed by atoms with Crippen LogP contribution >= 0.6 is 45.2 Å². The zero-order valence-corrected chi connectivity index (χ0v) is 11.6. The summed E-state index contributed by atoms with van der Waals surface area (Å²) in [5, 5.41) is 18.3. The monoisotopic (exact) mass is 420 g/mol. The zero-order chi connectivity index (χ0) is 10.8. The first-order valence-electron chi connectivity index (χ1n) is 4.12. The molecule has 78 valence electrons. The number of aliphatic carboxylic acids is 1. The van der Waals surface area contributed by atoms with Crippen LogP contribution in [0.1, 0.15) is 12.8 Å². The van der Waals surface area contributed by atoms with Crippen LogP contribution in [0.15, 0.2) is 21.8 Å². The lowest BCUT2D eigenvalue weighted by Crippen LogP contribution is -2.20. The summed E-state index contributed by atoms with van der Waals surface area (Å²) < 4.78 is -0.0634. The highest BCUT2D eigenvalue weighted by atomic mass is 127.